The zero-order valence-corrected chi connectivity index (χ0v) is 13.2. The zero-order valence-electron chi connectivity index (χ0n) is 12.4. The summed E-state index contributed by atoms with van der Waals surface area (Å²) in [5.74, 6) is 0.781. The smallest absolute Gasteiger partial charge is 0.236 e. The molecule has 0 atom stereocenters. The quantitative estimate of drug-likeness (QED) is 0.654. The van der Waals surface area contributed by atoms with Gasteiger partial charge in [-0.15, -0.1) is 0 Å². The Kier molecular flexibility index (Phi) is 6.72. The SMILES string of the molecule is CCN(C(=O)CN(CCC(N)=S)CC(C)C)C1CC1. The van der Waals surface area contributed by atoms with Crippen molar-refractivity contribution >= 4 is 23.1 Å². The van der Waals surface area contributed by atoms with Crippen LogP contribution in [0.5, 0.6) is 0 Å². The van der Waals surface area contributed by atoms with Crippen molar-refractivity contribution in [1.29, 1.82) is 0 Å². The molecule has 0 bridgehead atoms. The Morgan fingerprint density at radius 1 is 1.42 bits per heavy atom. The number of thiocarbonyl (C=S) groups is 1. The van der Waals surface area contributed by atoms with Crippen LogP contribution in [0.1, 0.15) is 40.0 Å². The molecule has 0 radical (unpaired) electrons. The standard InChI is InChI=1S/C14H27N3OS/c1-4-17(12-5-6-12)14(18)10-16(9-11(2)3)8-7-13(15)19/h11-12H,4-10H2,1-3H3,(H2,15,19). The lowest BCUT2D eigenvalue weighted by atomic mass is 10.2. The molecule has 5 heteroatoms. The van der Waals surface area contributed by atoms with E-state index in [2.05, 4.69) is 25.7 Å². The first-order valence-electron chi connectivity index (χ1n) is 7.24. The van der Waals surface area contributed by atoms with Crippen molar-refractivity contribution in [3.63, 3.8) is 0 Å². The molecule has 0 aromatic heterocycles. The first kappa shape index (κ1) is 16.4. The van der Waals surface area contributed by atoms with E-state index in [4.69, 9.17) is 18.0 Å². The molecule has 1 saturated carbocycles. The van der Waals surface area contributed by atoms with Crippen molar-refractivity contribution in [2.24, 2.45) is 11.7 Å². The molecule has 0 aliphatic heterocycles. The molecule has 2 N–H and O–H groups in total. The van der Waals surface area contributed by atoms with Crippen LogP contribution < -0.4 is 5.73 Å². The summed E-state index contributed by atoms with van der Waals surface area (Å²) in [5, 5.41) is 0. The van der Waals surface area contributed by atoms with E-state index < -0.39 is 0 Å². The number of carbonyl (C=O) groups excluding carboxylic acids is 1. The number of hydrogen-bond acceptors (Lipinski definition) is 3. The number of rotatable bonds is 9. The summed E-state index contributed by atoms with van der Waals surface area (Å²) in [5.41, 5.74) is 5.56. The Morgan fingerprint density at radius 2 is 2.05 bits per heavy atom. The number of hydrogen-bond donors (Lipinski definition) is 1. The van der Waals surface area contributed by atoms with E-state index >= 15 is 0 Å². The molecular formula is C14H27N3OS. The van der Waals surface area contributed by atoms with Gasteiger partial charge < -0.3 is 10.6 Å². The second-order valence-electron chi connectivity index (χ2n) is 5.76. The van der Waals surface area contributed by atoms with E-state index in [1.807, 2.05) is 4.90 Å². The third kappa shape index (κ3) is 6.34. The van der Waals surface area contributed by atoms with Gasteiger partial charge in [0.05, 0.1) is 11.5 Å². The van der Waals surface area contributed by atoms with Gasteiger partial charge in [-0.05, 0) is 25.7 Å². The zero-order chi connectivity index (χ0) is 14.4. The maximum atomic E-state index is 12.3. The molecule has 0 aromatic rings. The number of nitrogens with two attached hydrogens (primary N) is 1. The lowest BCUT2D eigenvalue weighted by Crippen LogP contribution is -2.43. The maximum absolute atomic E-state index is 12.3. The number of carbonyl (C=O) groups is 1. The van der Waals surface area contributed by atoms with Gasteiger partial charge in [0, 0.05) is 32.1 Å². The molecule has 0 spiro atoms. The van der Waals surface area contributed by atoms with Crippen LogP contribution in [0.25, 0.3) is 0 Å². The van der Waals surface area contributed by atoms with Crippen molar-refractivity contribution in [1.82, 2.24) is 9.80 Å². The fourth-order valence-corrected chi connectivity index (χ4v) is 2.42. The normalized spacial score (nSPS) is 15.0. The minimum atomic E-state index is 0.244. The molecule has 19 heavy (non-hydrogen) atoms. The Balaban J connectivity index is 2.49. The average Bonchev–Trinajstić information content (AvgIpc) is 3.10. The molecule has 1 fully saturated rings. The highest BCUT2D eigenvalue weighted by molar-refractivity contribution is 7.80. The molecule has 0 saturated heterocycles. The highest BCUT2D eigenvalue weighted by Crippen LogP contribution is 2.26. The number of likely N-dealkylation sites (N-methyl/N-ethyl adjacent to an activating group) is 1. The molecular weight excluding hydrogens is 258 g/mol. The van der Waals surface area contributed by atoms with Crippen LogP contribution in [0.3, 0.4) is 0 Å². The van der Waals surface area contributed by atoms with Crippen LogP contribution >= 0.6 is 12.2 Å². The van der Waals surface area contributed by atoms with E-state index in [9.17, 15) is 4.79 Å². The van der Waals surface area contributed by atoms with Crippen LogP contribution in [-0.4, -0.2) is 52.9 Å². The highest BCUT2D eigenvalue weighted by Gasteiger charge is 2.31. The predicted octanol–water partition coefficient (Wildman–Crippen LogP) is 1.63. The van der Waals surface area contributed by atoms with Gasteiger partial charge in [-0.25, -0.2) is 0 Å². The van der Waals surface area contributed by atoms with Crippen LogP contribution in [0.2, 0.25) is 0 Å². The van der Waals surface area contributed by atoms with Crippen molar-refractivity contribution in [3.8, 4) is 0 Å². The Hall–Kier alpha value is -0.680. The van der Waals surface area contributed by atoms with Gasteiger partial charge in [-0.3, -0.25) is 9.69 Å². The Bertz CT molecular complexity index is 316. The molecule has 1 rings (SSSR count). The highest BCUT2D eigenvalue weighted by atomic mass is 32.1. The fourth-order valence-electron chi connectivity index (χ4n) is 2.33. The summed E-state index contributed by atoms with van der Waals surface area (Å²) in [6.07, 6.45) is 3.01. The molecule has 0 heterocycles. The average molecular weight is 285 g/mol. The van der Waals surface area contributed by atoms with Crippen molar-refractivity contribution < 1.29 is 4.79 Å². The number of amides is 1. The van der Waals surface area contributed by atoms with Gasteiger partial charge in [0.25, 0.3) is 0 Å². The van der Waals surface area contributed by atoms with E-state index in [1.54, 1.807) is 0 Å². The van der Waals surface area contributed by atoms with Crippen LogP contribution in [0.15, 0.2) is 0 Å². The summed E-state index contributed by atoms with van der Waals surface area (Å²) in [6, 6.07) is 0.494. The minimum absolute atomic E-state index is 0.244. The third-order valence-electron chi connectivity index (χ3n) is 3.31. The van der Waals surface area contributed by atoms with Crippen LogP contribution in [-0.2, 0) is 4.79 Å². The van der Waals surface area contributed by atoms with E-state index in [0.717, 1.165) is 32.5 Å². The summed E-state index contributed by atoms with van der Waals surface area (Å²) in [6.45, 7) is 9.38. The van der Waals surface area contributed by atoms with Gasteiger partial charge in [0.15, 0.2) is 0 Å². The van der Waals surface area contributed by atoms with Crippen molar-refractivity contribution in [2.45, 2.75) is 46.1 Å². The lowest BCUT2D eigenvalue weighted by molar-refractivity contribution is -0.132. The van der Waals surface area contributed by atoms with Gasteiger partial charge in [-0.1, -0.05) is 26.1 Å². The Labute approximate surface area is 122 Å². The van der Waals surface area contributed by atoms with Crippen molar-refractivity contribution in [3.05, 3.63) is 0 Å². The molecule has 1 amide bonds. The first-order valence-corrected chi connectivity index (χ1v) is 7.65. The van der Waals surface area contributed by atoms with Crippen molar-refractivity contribution in [2.75, 3.05) is 26.2 Å². The predicted molar refractivity (Wildman–Crippen MR) is 83.1 cm³/mol. The summed E-state index contributed by atoms with van der Waals surface area (Å²) in [4.78, 5) is 17.0. The second-order valence-corrected chi connectivity index (χ2v) is 6.28. The molecule has 1 aliphatic carbocycles. The second kappa shape index (κ2) is 7.80. The summed E-state index contributed by atoms with van der Waals surface area (Å²) in [7, 11) is 0. The molecule has 0 aromatic carbocycles. The van der Waals surface area contributed by atoms with Crippen LogP contribution in [0.4, 0.5) is 0 Å². The van der Waals surface area contributed by atoms with Crippen LogP contribution in [0, 0.1) is 5.92 Å². The largest absolute Gasteiger partial charge is 0.393 e. The summed E-state index contributed by atoms with van der Waals surface area (Å²) < 4.78 is 0. The minimum Gasteiger partial charge on any atom is -0.393 e. The van der Waals surface area contributed by atoms with Gasteiger partial charge in [0.1, 0.15) is 0 Å². The van der Waals surface area contributed by atoms with Gasteiger partial charge in [-0.2, -0.15) is 0 Å². The van der Waals surface area contributed by atoms with E-state index in [1.165, 1.54) is 0 Å². The van der Waals surface area contributed by atoms with Gasteiger partial charge >= 0.3 is 0 Å². The summed E-state index contributed by atoms with van der Waals surface area (Å²) >= 11 is 4.92. The van der Waals surface area contributed by atoms with E-state index in [0.29, 0.717) is 29.9 Å². The molecule has 110 valence electrons. The van der Waals surface area contributed by atoms with E-state index in [-0.39, 0.29) is 5.91 Å². The molecule has 4 nitrogen and oxygen atoms in total. The molecule has 0 unspecified atom stereocenters. The molecule has 1 aliphatic rings. The maximum Gasteiger partial charge on any atom is 0.236 e. The first-order chi connectivity index (χ1) is 8.93. The monoisotopic (exact) mass is 285 g/mol. The van der Waals surface area contributed by atoms with Gasteiger partial charge in [0.2, 0.25) is 5.91 Å². The number of nitrogens with zero attached hydrogens (tertiary/aromatic N) is 2. The topological polar surface area (TPSA) is 49.6 Å². The lowest BCUT2D eigenvalue weighted by Gasteiger charge is -2.27. The third-order valence-corrected chi connectivity index (χ3v) is 3.51. The Morgan fingerprint density at radius 3 is 2.47 bits per heavy atom. The fraction of sp³-hybridized carbons (Fsp3) is 0.857.